The van der Waals surface area contributed by atoms with Crippen molar-refractivity contribution in [3.8, 4) is 0 Å². The molecule has 2 aliphatic rings. The van der Waals surface area contributed by atoms with Crippen LogP contribution in [0.2, 0.25) is 0 Å². The van der Waals surface area contributed by atoms with E-state index in [-0.39, 0.29) is 23.9 Å². The minimum absolute atomic E-state index is 0.0466. The first-order valence-electron chi connectivity index (χ1n) is 8.42. The van der Waals surface area contributed by atoms with Crippen LogP contribution in [0, 0.1) is 23.7 Å². The summed E-state index contributed by atoms with van der Waals surface area (Å²) >= 11 is 4.12. The lowest BCUT2D eigenvalue weighted by Crippen LogP contribution is -2.43. The van der Waals surface area contributed by atoms with Crippen molar-refractivity contribution in [1.29, 1.82) is 0 Å². The SMILES string of the molecule is COC(=O)C(C)C1CC[C@@H](C)C(CCC2(C)SCCS2)C1O. The van der Waals surface area contributed by atoms with Gasteiger partial charge >= 0.3 is 5.97 Å². The highest BCUT2D eigenvalue weighted by atomic mass is 32.2. The second-order valence-corrected chi connectivity index (χ2v) is 10.5. The zero-order valence-corrected chi connectivity index (χ0v) is 15.8. The van der Waals surface area contributed by atoms with Gasteiger partial charge in [-0.3, -0.25) is 4.79 Å². The maximum absolute atomic E-state index is 11.8. The topological polar surface area (TPSA) is 46.5 Å². The van der Waals surface area contributed by atoms with Crippen LogP contribution >= 0.6 is 23.5 Å². The Morgan fingerprint density at radius 1 is 1.36 bits per heavy atom. The van der Waals surface area contributed by atoms with Crippen LogP contribution < -0.4 is 0 Å². The Bertz CT molecular complexity index is 382. The lowest BCUT2D eigenvalue weighted by atomic mass is 9.67. The highest BCUT2D eigenvalue weighted by Gasteiger charge is 2.42. The first-order valence-corrected chi connectivity index (χ1v) is 10.4. The van der Waals surface area contributed by atoms with E-state index in [2.05, 4.69) is 37.4 Å². The Morgan fingerprint density at radius 2 is 2.00 bits per heavy atom. The quantitative estimate of drug-likeness (QED) is 0.767. The number of rotatable bonds is 5. The van der Waals surface area contributed by atoms with Crippen LogP contribution in [-0.4, -0.2) is 39.9 Å². The molecular weight excluding hydrogens is 316 g/mol. The minimum Gasteiger partial charge on any atom is -0.469 e. The van der Waals surface area contributed by atoms with Gasteiger partial charge in [0.25, 0.3) is 0 Å². The van der Waals surface area contributed by atoms with Crippen LogP contribution in [0.4, 0.5) is 0 Å². The van der Waals surface area contributed by atoms with Crippen LogP contribution in [0.15, 0.2) is 0 Å². The molecule has 0 amide bonds. The second kappa shape index (κ2) is 7.80. The van der Waals surface area contributed by atoms with Crippen LogP contribution in [0.25, 0.3) is 0 Å². The van der Waals surface area contributed by atoms with E-state index in [1.165, 1.54) is 18.6 Å². The monoisotopic (exact) mass is 346 g/mol. The van der Waals surface area contributed by atoms with Gasteiger partial charge in [0, 0.05) is 11.5 Å². The molecule has 2 rings (SSSR count). The van der Waals surface area contributed by atoms with Gasteiger partial charge < -0.3 is 9.84 Å². The third-order valence-electron chi connectivity index (χ3n) is 5.61. The molecule has 0 radical (unpaired) electrons. The van der Waals surface area contributed by atoms with E-state index < -0.39 is 0 Å². The van der Waals surface area contributed by atoms with Crippen molar-refractivity contribution < 1.29 is 14.6 Å². The fourth-order valence-corrected chi connectivity index (χ4v) is 6.87. The smallest absolute Gasteiger partial charge is 0.308 e. The van der Waals surface area contributed by atoms with E-state index in [0.29, 0.717) is 15.9 Å². The summed E-state index contributed by atoms with van der Waals surface area (Å²) in [4.78, 5) is 11.8. The number of methoxy groups -OCH3 is 1. The van der Waals surface area contributed by atoms with Gasteiger partial charge in [-0.15, -0.1) is 23.5 Å². The van der Waals surface area contributed by atoms with Crippen molar-refractivity contribution in [1.82, 2.24) is 0 Å². The summed E-state index contributed by atoms with van der Waals surface area (Å²) in [6.07, 6.45) is 3.86. The number of aliphatic hydroxyl groups is 1. The number of thioether (sulfide) groups is 2. The van der Waals surface area contributed by atoms with E-state index in [4.69, 9.17) is 4.74 Å². The summed E-state index contributed by atoms with van der Waals surface area (Å²) in [6.45, 7) is 6.49. The summed E-state index contributed by atoms with van der Waals surface area (Å²) in [5, 5.41) is 10.9. The normalized spacial score (nSPS) is 36.0. The van der Waals surface area contributed by atoms with Crippen LogP contribution in [0.3, 0.4) is 0 Å². The molecule has 128 valence electrons. The number of esters is 1. The van der Waals surface area contributed by atoms with E-state index in [9.17, 15) is 9.90 Å². The van der Waals surface area contributed by atoms with E-state index in [1.807, 2.05) is 6.92 Å². The Hall–Kier alpha value is 0.130. The summed E-state index contributed by atoms with van der Waals surface area (Å²) in [6, 6.07) is 0. The molecule has 5 heteroatoms. The molecular formula is C17H30O3S2. The van der Waals surface area contributed by atoms with E-state index >= 15 is 0 Å². The molecule has 5 atom stereocenters. The number of aliphatic hydroxyl groups excluding tert-OH is 1. The molecule has 0 spiro atoms. The Balaban J connectivity index is 1.97. The number of hydrogen-bond donors (Lipinski definition) is 1. The molecule has 0 bridgehead atoms. The van der Waals surface area contributed by atoms with Gasteiger partial charge in [0.15, 0.2) is 0 Å². The van der Waals surface area contributed by atoms with Crippen molar-refractivity contribution in [2.75, 3.05) is 18.6 Å². The van der Waals surface area contributed by atoms with Crippen molar-refractivity contribution in [3.63, 3.8) is 0 Å². The zero-order valence-electron chi connectivity index (χ0n) is 14.2. The average Bonchev–Trinajstić information content (AvgIpc) is 2.92. The molecule has 1 aliphatic carbocycles. The van der Waals surface area contributed by atoms with E-state index in [1.54, 1.807) is 0 Å². The molecule has 1 saturated carbocycles. The second-order valence-electron chi connectivity index (χ2n) is 7.05. The number of hydrogen-bond acceptors (Lipinski definition) is 5. The maximum Gasteiger partial charge on any atom is 0.308 e. The lowest BCUT2D eigenvalue weighted by molar-refractivity contribution is -0.151. The average molecular weight is 347 g/mol. The molecule has 4 unspecified atom stereocenters. The largest absolute Gasteiger partial charge is 0.469 e. The summed E-state index contributed by atoms with van der Waals surface area (Å²) in [5.41, 5.74) is 0. The summed E-state index contributed by atoms with van der Waals surface area (Å²) in [7, 11) is 1.43. The van der Waals surface area contributed by atoms with Gasteiger partial charge in [-0.2, -0.15) is 0 Å². The predicted molar refractivity (Wildman–Crippen MR) is 95.1 cm³/mol. The molecule has 1 heterocycles. The molecule has 0 aromatic heterocycles. The minimum atomic E-state index is -0.377. The number of ether oxygens (including phenoxy) is 1. The van der Waals surface area contributed by atoms with Gasteiger partial charge in [-0.1, -0.05) is 13.8 Å². The standard InChI is InChI=1S/C17H30O3S2/c1-11-5-6-14(12(2)16(19)20-4)15(18)13(11)7-8-17(3)21-9-10-22-17/h11-15,18H,5-10H2,1-4H3/t11-,12?,13?,14?,15?/m1/s1. The lowest BCUT2D eigenvalue weighted by Gasteiger charge is -2.42. The molecule has 1 saturated heterocycles. The maximum atomic E-state index is 11.8. The molecule has 0 aromatic rings. The Labute approximate surface area is 143 Å². The molecule has 1 aliphatic heterocycles. The molecule has 3 nitrogen and oxygen atoms in total. The van der Waals surface area contributed by atoms with Crippen LogP contribution in [-0.2, 0) is 9.53 Å². The highest BCUT2D eigenvalue weighted by Crippen LogP contribution is 2.49. The Morgan fingerprint density at radius 3 is 2.59 bits per heavy atom. The first kappa shape index (κ1) is 18.5. The van der Waals surface area contributed by atoms with Crippen molar-refractivity contribution >= 4 is 29.5 Å². The molecule has 0 aromatic carbocycles. The van der Waals surface area contributed by atoms with Crippen LogP contribution in [0.1, 0.15) is 46.5 Å². The number of carbonyl (C=O) groups excluding carboxylic acids is 1. The Kier molecular flexibility index (Phi) is 6.55. The van der Waals surface area contributed by atoms with Crippen molar-refractivity contribution in [2.45, 2.75) is 56.6 Å². The fourth-order valence-electron chi connectivity index (χ4n) is 3.99. The van der Waals surface area contributed by atoms with E-state index in [0.717, 1.165) is 25.7 Å². The highest BCUT2D eigenvalue weighted by molar-refractivity contribution is 8.21. The van der Waals surface area contributed by atoms with Crippen molar-refractivity contribution in [2.24, 2.45) is 23.7 Å². The predicted octanol–water partition coefficient (Wildman–Crippen LogP) is 3.80. The van der Waals surface area contributed by atoms with Gasteiger partial charge in [-0.25, -0.2) is 0 Å². The fraction of sp³-hybridized carbons (Fsp3) is 0.941. The third-order valence-corrected chi connectivity index (χ3v) is 9.02. The van der Waals surface area contributed by atoms with Gasteiger partial charge in [0.1, 0.15) is 0 Å². The zero-order chi connectivity index (χ0) is 16.3. The van der Waals surface area contributed by atoms with Gasteiger partial charge in [0.05, 0.1) is 23.2 Å². The summed E-state index contributed by atoms with van der Waals surface area (Å²) in [5.74, 6) is 2.98. The molecule has 22 heavy (non-hydrogen) atoms. The van der Waals surface area contributed by atoms with Crippen LogP contribution in [0.5, 0.6) is 0 Å². The molecule has 1 N–H and O–H groups in total. The van der Waals surface area contributed by atoms with Crippen molar-refractivity contribution in [3.05, 3.63) is 0 Å². The van der Waals surface area contributed by atoms with Gasteiger partial charge in [-0.05, 0) is 50.4 Å². The third kappa shape index (κ3) is 4.15. The first-order chi connectivity index (χ1) is 10.4. The number of carbonyl (C=O) groups is 1. The molecule has 2 fully saturated rings. The summed E-state index contributed by atoms with van der Waals surface area (Å²) < 4.78 is 5.20. The van der Waals surface area contributed by atoms with Gasteiger partial charge in [0.2, 0.25) is 0 Å².